The Morgan fingerprint density at radius 3 is 2.15 bits per heavy atom. The molecule has 2 aromatic rings. The predicted octanol–water partition coefficient (Wildman–Crippen LogP) is 4.08. The van der Waals surface area contributed by atoms with E-state index in [1.165, 1.54) is 5.56 Å². The second kappa shape index (κ2) is 5.37. The highest BCUT2D eigenvalue weighted by atomic mass is 16.4. The Bertz CT molecular complexity index is 662. The fraction of sp³-hybridized carbons (Fsp3) is 0.235. The molecule has 0 bridgehead atoms. The molecule has 0 heterocycles. The highest BCUT2D eigenvalue weighted by Crippen LogP contribution is 2.30. The van der Waals surface area contributed by atoms with Gasteiger partial charge in [-0.15, -0.1) is 0 Å². The van der Waals surface area contributed by atoms with Crippen LogP contribution in [0.25, 0.3) is 0 Å². The van der Waals surface area contributed by atoms with Crippen LogP contribution in [0, 0.1) is 20.8 Å². The summed E-state index contributed by atoms with van der Waals surface area (Å²) in [6.07, 6.45) is 0. The summed E-state index contributed by atoms with van der Waals surface area (Å²) in [4.78, 5) is 13.3. The molecule has 0 aliphatic carbocycles. The van der Waals surface area contributed by atoms with Crippen LogP contribution in [0.3, 0.4) is 0 Å². The third-order valence-corrected chi connectivity index (χ3v) is 3.46. The van der Waals surface area contributed by atoms with Gasteiger partial charge in [-0.1, -0.05) is 23.8 Å². The number of rotatable bonds is 3. The molecule has 20 heavy (non-hydrogen) atoms. The number of hydrogen-bond acceptors (Lipinski definition) is 2. The van der Waals surface area contributed by atoms with Crippen LogP contribution in [-0.2, 0) is 0 Å². The number of aryl methyl sites for hydroxylation is 3. The van der Waals surface area contributed by atoms with E-state index in [1.54, 1.807) is 6.07 Å². The quantitative estimate of drug-likeness (QED) is 0.912. The maximum Gasteiger partial charge on any atom is 0.337 e. The van der Waals surface area contributed by atoms with E-state index < -0.39 is 5.97 Å². The minimum atomic E-state index is -0.906. The predicted molar refractivity (Wildman–Crippen MR) is 82.1 cm³/mol. The summed E-state index contributed by atoms with van der Waals surface area (Å²) in [6.45, 7) is 6.05. The van der Waals surface area contributed by atoms with Gasteiger partial charge in [-0.2, -0.15) is 0 Å². The van der Waals surface area contributed by atoms with E-state index in [9.17, 15) is 9.90 Å². The first-order chi connectivity index (χ1) is 9.40. The molecule has 0 spiro atoms. The van der Waals surface area contributed by atoms with Crippen molar-refractivity contribution in [2.45, 2.75) is 20.8 Å². The lowest BCUT2D eigenvalue weighted by Gasteiger charge is -2.24. The number of carboxylic acid groups (broad SMARTS) is 1. The molecule has 1 N–H and O–H groups in total. The second-order valence-electron chi connectivity index (χ2n) is 5.17. The molecule has 0 saturated heterocycles. The normalized spacial score (nSPS) is 10.4. The van der Waals surface area contributed by atoms with E-state index >= 15 is 0 Å². The zero-order valence-electron chi connectivity index (χ0n) is 12.3. The van der Waals surface area contributed by atoms with Crippen LogP contribution in [-0.4, -0.2) is 18.1 Å². The molecule has 2 rings (SSSR count). The summed E-state index contributed by atoms with van der Waals surface area (Å²) in [7, 11) is 1.90. The molecule has 0 aliphatic rings. The van der Waals surface area contributed by atoms with E-state index in [4.69, 9.17) is 0 Å². The Morgan fingerprint density at radius 1 is 0.950 bits per heavy atom. The lowest BCUT2D eigenvalue weighted by atomic mass is 10.1. The second-order valence-corrected chi connectivity index (χ2v) is 5.17. The van der Waals surface area contributed by atoms with Gasteiger partial charge in [0.2, 0.25) is 0 Å². The van der Waals surface area contributed by atoms with Crippen LogP contribution in [0.2, 0.25) is 0 Å². The summed E-state index contributed by atoms with van der Waals surface area (Å²) in [5, 5.41) is 9.34. The average Bonchev–Trinajstić information content (AvgIpc) is 2.37. The van der Waals surface area contributed by atoms with Crippen LogP contribution < -0.4 is 4.90 Å². The van der Waals surface area contributed by atoms with Crippen molar-refractivity contribution < 1.29 is 9.90 Å². The Balaban J connectivity index is 2.55. The molecular formula is C17H19NO2. The van der Waals surface area contributed by atoms with E-state index in [2.05, 4.69) is 6.07 Å². The van der Waals surface area contributed by atoms with Gasteiger partial charge in [-0.25, -0.2) is 4.79 Å². The highest BCUT2D eigenvalue weighted by molar-refractivity contribution is 5.95. The monoisotopic (exact) mass is 269 g/mol. The van der Waals surface area contributed by atoms with Crippen molar-refractivity contribution in [1.82, 2.24) is 0 Å². The van der Waals surface area contributed by atoms with Crippen LogP contribution in [0.15, 0.2) is 36.4 Å². The summed E-state index contributed by atoms with van der Waals surface area (Å²) in [5.74, 6) is -0.906. The number of hydrogen-bond donors (Lipinski definition) is 1. The van der Waals surface area contributed by atoms with Crippen molar-refractivity contribution in [3.05, 3.63) is 58.7 Å². The third kappa shape index (κ3) is 2.67. The standard InChI is InChI=1S/C17H19NO2/c1-11-6-8-15(13(3)9-11)18(4)16-10-12(2)5-7-14(16)17(19)20/h5-10H,1-4H3,(H,19,20). The van der Waals surface area contributed by atoms with Gasteiger partial charge < -0.3 is 10.0 Å². The lowest BCUT2D eigenvalue weighted by molar-refractivity contribution is 0.0697. The van der Waals surface area contributed by atoms with Crippen molar-refractivity contribution in [1.29, 1.82) is 0 Å². The number of carboxylic acids is 1. The Morgan fingerprint density at radius 2 is 1.55 bits per heavy atom. The molecule has 104 valence electrons. The lowest BCUT2D eigenvalue weighted by Crippen LogP contribution is -2.15. The van der Waals surface area contributed by atoms with Crippen LogP contribution >= 0.6 is 0 Å². The van der Waals surface area contributed by atoms with Crippen LogP contribution in [0.1, 0.15) is 27.0 Å². The van der Waals surface area contributed by atoms with Gasteiger partial charge >= 0.3 is 5.97 Å². The van der Waals surface area contributed by atoms with E-state index in [1.807, 2.05) is 57.0 Å². The first-order valence-corrected chi connectivity index (χ1v) is 6.55. The fourth-order valence-corrected chi connectivity index (χ4v) is 2.41. The summed E-state index contributed by atoms with van der Waals surface area (Å²) < 4.78 is 0. The van der Waals surface area contributed by atoms with Crippen molar-refractivity contribution >= 4 is 17.3 Å². The molecular weight excluding hydrogens is 250 g/mol. The van der Waals surface area contributed by atoms with Gasteiger partial charge in [0.15, 0.2) is 0 Å². The van der Waals surface area contributed by atoms with E-state index in [0.29, 0.717) is 11.3 Å². The molecule has 2 aromatic carbocycles. The maximum absolute atomic E-state index is 11.4. The molecule has 0 saturated carbocycles. The molecule has 3 nitrogen and oxygen atoms in total. The number of nitrogens with zero attached hydrogens (tertiary/aromatic N) is 1. The molecule has 0 fully saturated rings. The molecule has 0 aromatic heterocycles. The van der Waals surface area contributed by atoms with Crippen LogP contribution in [0.5, 0.6) is 0 Å². The summed E-state index contributed by atoms with van der Waals surface area (Å²) >= 11 is 0. The zero-order chi connectivity index (χ0) is 14.9. The van der Waals surface area contributed by atoms with Crippen molar-refractivity contribution in [2.75, 3.05) is 11.9 Å². The maximum atomic E-state index is 11.4. The summed E-state index contributed by atoms with van der Waals surface area (Å²) in [5.41, 5.74) is 5.42. The average molecular weight is 269 g/mol. The number of benzene rings is 2. The fourth-order valence-electron chi connectivity index (χ4n) is 2.41. The number of anilines is 2. The molecule has 0 radical (unpaired) electrons. The Labute approximate surface area is 119 Å². The van der Waals surface area contributed by atoms with Gasteiger partial charge in [0, 0.05) is 12.7 Å². The molecule has 0 atom stereocenters. The largest absolute Gasteiger partial charge is 0.478 e. The zero-order valence-corrected chi connectivity index (χ0v) is 12.3. The van der Waals surface area contributed by atoms with Crippen molar-refractivity contribution in [3.8, 4) is 0 Å². The van der Waals surface area contributed by atoms with Crippen LogP contribution in [0.4, 0.5) is 11.4 Å². The SMILES string of the molecule is Cc1ccc(N(C)c2cc(C)ccc2C(=O)O)c(C)c1. The summed E-state index contributed by atoms with van der Waals surface area (Å²) in [6, 6.07) is 11.5. The van der Waals surface area contributed by atoms with E-state index in [0.717, 1.165) is 16.8 Å². The molecule has 0 unspecified atom stereocenters. The highest BCUT2D eigenvalue weighted by Gasteiger charge is 2.15. The van der Waals surface area contributed by atoms with Gasteiger partial charge in [0.05, 0.1) is 11.3 Å². The first-order valence-electron chi connectivity index (χ1n) is 6.55. The van der Waals surface area contributed by atoms with Crippen molar-refractivity contribution in [2.24, 2.45) is 0 Å². The third-order valence-electron chi connectivity index (χ3n) is 3.46. The smallest absolute Gasteiger partial charge is 0.337 e. The van der Waals surface area contributed by atoms with Gasteiger partial charge in [-0.3, -0.25) is 0 Å². The Kier molecular flexibility index (Phi) is 3.79. The van der Waals surface area contributed by atoms with Gasteiger partial charge in [0.1, 0.15) is 0 Å². The molecule has 3 heteroatoms. The minimum absolute atomic E-state index is 0.318. The van der Waals surface area contributed by atoms with Gasteiger partial charge in [0.25, 0.3) is 0 Å². The topological polar surface area (TPSA) is 40.5 Å². The molecule has 0 amide bonds. The van der Waals surface area contributed by atoms with Crippen molar-refractivity contribution in [3.63, 3.8) is 0 Å². The van der Waals surface area contributed by atoms with Gasteiger partial charge in [-0.05, 0) is 50.1 Å². The first kappa shape index (κ1) is 14.1. The molecule has 0 aliphatic heterocycles. The Hall–Kier alpha value is -2.29. The number of aromatic carboxylic acids is 1. The minimum Gasteiger partial charge on any atom is -0.478 e. The van der Waals surface area contributed by atoms with E-state index in [-0.39, 0.29) is 0 Å². The number of carbonyl (C=O) groups is 1.